The van der Waals surface area contributed by atoms with Crippen LogP contribution in [0.1, 0.15) is 22.3 Å². The van der Waals surface area contributed by atoms with Crippen molar-refractivity contribution in [1.82, 2.24) is 10.2 Å². The van der Waals surface area contributed by atoms with Gasteiger partial charge in [-0.1, -0.05) is 36.4 Å². The van der Waals surface area contributed by atoms with Crippen LogP contribution in [0.2, 0.25) is 0 Å². The van der Waals surface area contributed by atoms with Crippen molar-refractivity contribution in [2.45, 2.75) is 13.0 Å². The van der Waals surface area contributed by atoms with Crippen LogP contribution >= 0.6 is 0 Å². The van der Waals surface area contributed by atoms with Gasteiger partial charge >= 0.3 is 0 Å². The number of hydrogen-bond acceptors (Lipinski definition) is 3. The molecule has 0 fully saturated rings. The summed E-state index contributed by atoms with van der Waals surface area (Å²) in [7, 11) is 4.05. The number of benzene rings is 2. The zero-order chi connectivity index (χ0) is 16.5. The molecule has 2 aromatic rings. The Morgan fingerprint density at radius 1 is 1.04 bits per heavy atom. The number of hydrogen-bond donors (Lipinski definition) is 1. The predicted molar refractivity (Wildman–Crippen MR) is 92.7 cm³/mol. The lowest BCUT2D eigenvalue weighted by atomic mass is 10.1. The molecule has 1 N–H and O–H groups in total. The lowest BCUT2D eigenvalue weighted by Crippen LogP contribution is -2.28. The van der Waals surface area contributed by atoms with E-state index in [1.54, 1.807) is 0 Å². The fourth-order valence-electron chi connectivity index (χ4n) is 2.24. The average Bonchev–Trinajstić information content (AvgIpc) is 2.58. The molecule has 23 heavy (non-hydrogen) atoms. The molecule has 0 aliphatic rings. The summed E-state index contributed by atoms with van der Waals surface area (Å²) in [6.07, 6.45) is 0.932. The van der Waals surface area contributed by atoms with Crippen molar-refractivity contribution < 1.29 is 9.53 Å². The molecule has 0 unspecified atom stereocenters. The van der Waals surface area contributed by atoms with Crippen LogP contribution < -0.4 is 10.1 Å². The summed E-state index contributed by atoms with van der Waals surface area (Å²) in [5, 5.41) is 2.97. The van der Waals surface area contributed by atoms with E-state index in [1.165, 1.54) is 0 Å². The normalized spacial score (nSPS) is 10.6. The van der Waals surface area contributed by atoms with Gasteiger partial charge in [0.15, 0.2) is 0 Å². The smallest absolute Gasteiger partial charge is 0.251 e. The highest BCUT2D eigenvalue weighted by Gasteiger charge is 2.10. The van der Waals surface area contributed by atoms with E-state index in [1.807, 2.05) is 68.7 Å². The minimum absolute atomic E-state index is 0.0454. The highest BCUT2D eigenvalue weighted by molar-refractivity contribution is 5.95. The van der Waals surface area contributed by atoms with Crippen molar-refractivity contribution in [2.24, 2.45) is 0 Å². The van der Waals surface area contributed by atoms with Crippen molar-refractivity contribution in [3.63, 3.8) is 0 Å². The average molecular weight is 312 g/mol. The van der Waals surface area contributed by atoms with Gasteiger partial charge in [0.05, 0.1) is 0 Å². The van der Waals surface area contributed by atoms with E-state index in [0.717, 1.165) is 24.3 Å². The van der Waals surface area contributed by atoms with Gasteiger partial charge in [-0.15, -0.1) is 0 Å². The van der Waals surface area contributed by atoms with Gasteiger partial charge in [0.2, 0.25) is 0 Å². The molecular formula is C19H24N2O2. The molecule has 0 aromatic heterocycles. The third-order valence-corrected chi connectivity index (χ3v) is 3.47. The summed E-state index contributed by atoms with van der Waals surface area (Å²) in [5.74, 6) is 0.754. The number of carbonyl (C=O) groups excluding carboxylic acids is 1. The van der Waals surface area contributed by atoms with Crippen LogP contribution in [0.25, 0.3) is 0 Å². The molecule has 4 heteroatoms. The van der Waals surface area contributed by atoms with Crippen molar-refractivity contribution in [2.75, 3.05) is 27.2 Å². The number of amides is 1. The Bertz CT molecular complexity index is 612. The minimum atomic E-state index is -0.0454. The van der Waals surface area contributed by atoms with Gasteiger partial charge in [-0.25, -0.2) is 0 Å². The van der Waals surface area contributed by atoms with E-state index in [9.17, 15) is 4.79 Å². The molecule has 0 spiro atoms. The van der Waals surface area contributed by atoms with Gasteiger partial charge in [-0.2, -0.15) is 0 Å². The zero-order valence-corrected chi connectivity index (χ0v) is 13.8. The Balaban J connectivity index is 1.92. The number of rotatable bonds is 8. The first-order chi connectivity index (χ1) is 11.2. The van der Waals surface area contributed by atoms with Crippen LogP contribution in [0.4, 0.5) is 0 Å². The number of nitrogens with one attached hydrogen (secondary N) is 1. The third kappa shape index (κ3) is 5.75. The Morgan fingerprint density at radius 3 is 2.48 bits per heavy atom. The molecule has 0 radical (unpaired) electrons. The predicted octanol–water partition coefficient (Wildman–Crippen LogP) is 2.95. The second-order valence-corrected chi connectivity index (χ2v) is 5.67. The van der Waals surface area contributed by atoms with Crippen LogP contribution in [-0.2, 0) is 6.61 Å². The summed E-state index contributed by atoms with van der Waals surface area (Å²) >= 11 is 0. The Hall–Kier alpha value is -2.33. The summed E-state index contributed by atoms with van der Waals surface area (Å²) < 4.78 is 5.75. The maximum Gasteiger partial charge on any atom is 0.251 e. The third-order valence-electron chi connectivity index (χ3n) is 3.47. The van der Waals surface area contributed by atoms with Crippen molar-refractivity contribution in [1.29, 1.82) is 0 Å². The second-order valence-electron chi connectivity index (χ2n) is 5.67. The van der Waals surface area contributed by atoms with Gasteiger partial charge in [-0.3, -0.25) is 4.79 Å². The molecule has 4 nitrogen and oxygen atoms in total. The lowest BCUT2D eigenvalue weighted by Gasteiger charge is -2.12. The Labute approximate surface area is 138 Å². The summed E-state index contributed by atoms with van der Waals surface area (Å²) in [5.41, 5.74) is 1.56. The van der Waals surface area contributed by atoms with E-state index in [4.69, 9.17) is 4.74 Å². The molecule has 0 saturated heterocycles. The topological polar surface area (TPSA) is 41.6 Å². The van der Waals surface area contributed by atoms with Crippen molar-refractivity contribution >= 4 is 5.91 Å². The molecule has 0 saturated carbocycles. The molecule has 2 rings (SSSR count). The van der Waals surface area contributed by atoms with Gasteiger partial charge in [0, 0.05) is 17.7 Å². The molecule has 0 bridgehead atoms. The van der Waals surface area contributed by atoms with E-state index in [-0.39, 0.29) is 5.91 Å². The number of ether oxygens (including phenoxy) is 1. The molecule has 0 heterocycles. The fraction of sp³-hybridized carbons (Fsp3) is 0.316. The van der Waals surface area contributed by atoms with E-state index in [2.05, 4.69) is 10.2 Å². The molecule has 0 aliphatic carbocycles. The van der Waals surface area contributed by atoms with Crippen LogP contribution in [0, 0.1) is 0 Å². The summed E-state index contributed by atoms with van der Waals surface area (Å²) in [6.45, 7) is 2.01. The maximum atomic E-state index is 12.3. The van der Waals surface area contributed by atoms with E-state index >= 15 is 0 Å². The number of carbonyl (C=O) groups is 1. The first kappa shape index (κ1) is 17.0. The summed E-state index contributed by atoms with van der Waals surface area (Å²) in [6, 6.07) is 17.2. The van der Waals surface area contributed by atoms with Gasteiger partial charge in [-0.05, 0) is 45.3 Å². The highest BCUT2D eigenvalue weighted by Crippen LogP contribution is 2.14. The number of para-hydroxylation sites is 1. The van der Waals surface area contributed by atoms with Crippen LogP contribution in [0.5, 0.6) is 5.75 Å². The standard InChI is InChI=1S/C19H24N2O2/c1-21(2)14-8-13-20-19(22)18-12-7-6-9-16(18)15-23-17-10-4-3-5-11-17/h3-7,9-12H,8,13-15H2,1-2H3,(H,20,22). The minimum Gasteiger partial charge on any atom is -0.489 e. The van der Waals surface area contributed by atoms with Gasteiger partial charge < -0.3 is 15.0 Å². The lowest BCUT2D eigenvalue weighted by molar-refractivity contribution is 0.0950. The Morgan fingerprint density at radius 2 is 1.74 bits per heavy atom. The zero-order valence-electron chi connectivity index (χ0n) is 13.8. The first-order valence-electron chi connectivity index (χ1n) is 7.85. The van der Waals surface area contributed by atoms with E-state index in [0.29, 0.717) is 18.7 Å². The Kier molecular flexibility index (Phi) is 6.63. The SMILES string of the molecule is CN(C)CCCNC(=O)c1ccccc1COc1ccccc1. The van der Waals surface area contributed by atoms with Crippen LogP contribution in [0.15, 0.2) is 54.6 Å². The molecule has 1 amide bonds. The van der Waals surface area contributed by atoms with Gasteiger partial charge in [0.25, 0.3) is 5.91 Å². The molecule has 0 aliphatic heterocycles. The quantitative estimate of drug-likeness (QED) is 0.762. The monoisotopic (exact) mass is 312 g/mol. The van der Waals surface area contributed by atoms with Crippen LogP contribution in [-0.4, -0.2) is 38.0 Å². The molecule has 122 valence electrons. The largest absolute Gasteiger partial charge is 0.489 e. The molecule has 2 aromatic carbocycles. The molecule has 0 atom stereocenters. The van der Waals surface area contributed by atoms with Crippen molar-refractivity contribution in [3.05, 3.63) is 65.7 Å². The fourth-order valence-corrected chi connectivity index (χ4v) is 2.24. The molecular weight excluding hydrogens is 288 g/mol. The van der Waals surface area contributed by atoms with Crippen molar-refractivity contribution in [3.8, 4) is 5.75 Å². The highest BCUT2D eigenvalue weighted by atomic mass is 16.5. The van der Waals surface area contributed by atoms with Gasteiger partial charge in [0.1, 0.15) is 12.4 Å². The second kappa shape index (κ2) is 8.96. The maximum absolute atomic E-state index is 12.3. The van der Waals surface area contributed by atoms with E-state index < -0.39 is 0 Å². The number of nitrogens with zero attached hydrogens (tertiary/aromatic N) is 1. The first-order valence-corrected chi connectivity index (χ1v) is 7.85. The van der Waals surface area contributed by atoms with Crippen LogP contribution in [0.3, 0.4) is 0 Å². The summed E-state index contributed by atoms with van der Waals surface area (Å²) in [4.78, 5) is 14.4.